The standard InChI is InChI=1S/C9H9ClN4O/c1-6-3-2-4-7(9(6)10)14-5-8(15)11-12-13-14/h2-4H,5H2,1H3,(H,11,13,15). The molecule has 5 nitrogen and oxygen atoms in total. The molecule has 0 atom stereocenters. The van der Waals surface area contributed by atoms with Crippen LogP contribution < -0.4 is 10.4 Å². The molecule has 2 rings (SSSR count). The Labute approximate surface area is 91.7 Å². The van der Waals surface area contributed by atoms with Crippen LogP contribution in [0.1, 0.15) is 5.56 Å². The third-order valence-electron chi connectivity index (χ3n) is 2.07. The summed E-state index contributed by atoms with van der Waals surface area (Å²) >= 11 is 6.10. The van der Waals surface area contributed by atoms with Gasteiger partial charge >= 0.3 is 0 Å². The van der Waals surface area contributed by atoms with E-state index in [0.717, 1.165) is 5.56 Å². The minimum Gasteiger partial charge on any atom is -0.271 e. The van der Waals surface area contributed by atoms with Crippen LogP contribution in [-0.2, 0) is 4.79 Å². The van der Waals surface area contributed by atoms with Gasteiger partial charge in [-0.2, -0.15) is 0 Å². The second kappa shape index (κ2) is 3.86. The number of aryl methyl sites for hydroxylation is 1. The van der Waals surface area contributed by atoms with Gasteiger partial charge in [0.25, 0.3) is 5.91 Å². The molecule has 0 saturated heterocycles. The second-order valence-corrected chi connectivity index (χ2v) is 3.57. The summed E-state index contributed by atoms with van der Waals surface area (Å²) in [6, 6.07) is 5.55. The Morgan fingerprint density at radius 2 is 2.33 bits per heavy atom. The van der Waals surface area contributed by atoms with Crippen LogP contribution in [0.5, 0.6) is 0 Å². The Morgan fingerprint density at radius 1 is 1.53 bits per heavy atom. The highest BCUT2D eigenvalue weighted by atomic mass is 35.5. The molecule has 1 aromatic rings. The number of carbonyl (C=O) groups excluding carboxylic acids is 1. The van der Waals surface area contributed by atoms with E-state index in [1.165, 1.54) is 5.01 Å². The topological polar surface area (TPSA) is 57.1 Å². The number of anilines is 1. The molecule has 0 saturated carbocycles. The van der Waals surface area contributed by atoms with E-state index >= 15 is 0 Å². The van der Waals surface area contributed by atoms with Crippen molar-refractivity contribution < 1.29 is 4.79 Å². The summed E-state index contributed by atoms with van der Waals surface area (Å²) in [6.45, 7) is 2.03. The van der Waals surface area contributed by atoms with Gasteiger partial charge in [-0.05, 0) is 29.0 Å². The average Bonchev–Trinajstić information content (AvgIpc) is 2.22. The van der Waals surface area contributed by atoms with E-state index in [9.17, 15) is 4.79 Å². The van der Waals surface area contributed by atoms with Crippen LogP contribution in [-0.4, -0.2) is 12.5 Å². The van der Waals surface area contributed by atoms with E-state index in [0.29, 0.717) is 10.7 Å². The lowest BCUT2D eigenvalue weighted by Gasteiger charge is -2.21. The van der Waals surface area contributed by atoms with Crippen molar-refractivity contribution in [3.63, 3.8) is 0 Å². The van der Waals surface area contributed by atoms with E-state index < -0.39 is 0 Å². The van der Waals surface area contributed by atoms with Crippen LogP contribution in [0.25, 0.3) is 0 Å². The molecule has 78 valence electrons. The van der Waals surface area contributed by atoms with Crippen molar-refractivity contribution in [1.29, 1.82) is 0 Å². The number of rotatable bonds is 1. The largest absolute Gasteiger partial charge is 0.271 e. The highest BCUT2D eigenvalue weighted by molar-refractivity contribution is 6.34. The summed E-state index contributed by atoms with van der Waals surface area (Å²) in [5, 5.41) is 9.33. The molecule has 0 spiro atoms. The van der Waals surface area contributed by atoms with Gasteiger partial charge in [-0.1, -0.05) is 23.7 Å². The Hall–Kier alpha value is -1.62. The van der Waals surface area contributed by atoms with Crippen LogP contribution >= 0.6 is 11.6 Å². The maximum Gasteiger partial charge on any atom is 0.263 e. The Balaban J connectivity index is 2.37. The van der Waals surface area contributed by atoms with Crippen molar-refractivity contribution in [2.24, 2.45) is 10.4 Å². The summed E-state index contributed by atoms with van der Waals surface area (Å²) in [7, 11) is 0. The first-order valence-corrected chi connectivity index (χ1v) is 4.78. The Kier molecular flexibility index (Phi) is 2.55. The fraction of sp³-hybridized carbons (Fsp3) is 0.222. The van der Waals surface area contributed by atoms with Crippen molar-refractivity contribution in [3.05, 3.63) is 28.8 Å². The molecule has 1 aromatic carbocycles. The second-order valence-electron chi connectivity index (χ2n) is 3.19. The molecule has 1 heterocycles. The zero-order valence-electron chi connectivity index (χ0n) is 8.07. The van der Waals surface area contributed by atoms with Gasteiger partial charge in [0, 0.05) is 0 Å². The molecule has 0 bridgehead atoms. The van der Waals surface area contributed by atoms with Gasteiger partial charge in [0.1, 0.15) is 6.54 Å². The molecule has 0 unspecified atom stereocenters. The number of nitrogens with one attached hydrogen (secondary N) is 1. The van der Waals surface area contributed by atoms with Gasteiger partial charge in [-0.3, -0.25) is 4.79 Å². The normalized spacial score (nSPS) is 15.3. The molecular formula is C9H9ClN4O. The first-order chi connectivity index (χ1) is 7.18. The van der Waals surface area contributed by atoms with E-state index in [1.54, 1.807) is 6.07 Å². The van der Waals surface area contributed by atoms with Gasteiger partial charge in [-0.25, -0.2) is 10.4 Å². The SMILES string of the molecule is Cc1cccc(N2CC(=O)NN=N2)c1Cl. The van der Waals surface area contributed by atoms with Crippen LogP contribution in [0.4, 0.5) is 5.69 Å². The first kappa shape index (κ1) is 9.92. The molecule has 15 heavy (non-hydrogen) atoms. The van der Waals surface area contributed by atoms with Crippen molar-refractivity contribution in [1.82, 2.24) is 5.43 Å². The monoisotopic (exact) mass is 224 g/mol. The van der Waals surface area contributed by atoms with Gasteiger partial charge in [0.15, 0.2) is 0 Å². The molecule has 0 fully saturated rings. The Morgan fingerprint density at radius 3 is 3.07 bits per heavy atom. The summed E-state index contributed by atoms with van der Waals surface area (Å²) in [5.41, 5.74) is 3.88. The predicted octanol–water partition coefficient (Wildman–Crippen LogP) is 1.87. The van der Waals surface area contributed by atoms with Crippen molar-refractivity contribution in [2.45, 2.75) is 6.92 Å². The van der Waals surface area contributed by atoms with Gasteiger partial charge in [0.05, 0.1) is 10.7 Å². The highest BCUT2D eigenvalue weighted by Gasteiger charge is 2.17. The maximum absolute atomic E-state index is 11.1. The molecule has 1 aliphatic rings. The number of hydrogen-bond donors (Lipinski definition) is 1. The maximum atomic E-state index is 11.1. The number of carbonyl (C=O) groups is 1. The smallest absolute Gasteiger partial charge is 0.263 e. The molecule has 0 radical (unpaired) electrons. The van der Waals surface area contributed by atoms with Crippen molar-refractivity contribution in [2.75, 3.05) is 11.6 Å². The van der Waals surface area contributed by atoms with Crippen LogP contribution in [0.3, 0.4) is 0 Å². The lowest BCUT2D eigenvalue weighted by molar-refractivity contribution is -0.120. The fourth-order valence-corrected chi connectivity index (χ4v) is 1.52. The van der Waals surface area contributed by atoms with Gasteiger partial charge in [0.2, 0.25) is 0 Å². The summed E-state index contributed by atoms with van der Waals surface area (Å²) in [5.74, 6) is -0.206. The quantitative estimate of drug-likeness (QED) is 0.792. The number of nitrogens with zero attached hydrogens (tertiary/aromatic N) is 3. The zero-order valence-corrected chi connectivity index (χ0v) is 8.82. The molecule has 1 N–H and O–H groups in total. The van der Waals surface area contributed by atoms with E-state index in [-0.39, 0.29) is 12.5 Å². The van der Waals surface area contributed by atoms with Crippen LogP contribution in [0.2, 0.25) is 5.02 Å². The lowest BCUT2D eigenvalue weighted by atomic mass is 10.2. The molecule has 0 aromatic heterocycles. The number of benzene rings is 1. The summed E-state index contributed by atoms with van der Waals surface area (Å²) in [6.07, 6.45) is 0. The van der Waals surface area contributed by atoms with Crippen LogP contribution in [0.15, 0.2) is 28.6 Å². The lowest BCUT2D eigenvalue weighted by Crippen LogP contribution is -2.36. The van der Waals surface area contributed by atoms with Crippen LogP contribution in [0, 0.1) is 6.92 Å². The number of halogens is 1. The Bertz CT molecular complexity index is 432. The summed E-state index contributed by atoms with van der Waals surface area (Å²) in [4.78, 5) is 11.1. The molecule has 1 amide bonds. The minimum absolute atomic E-state index is 0.132. The molecular weight excluding hydrogens is 216 g/mol. The van der Waals surface area contributed by atoms with Crippen molar-refractivity contribution >= 4 is 23.2 Å². The average molecular weight is 225 g/mol. The van der Waals surface area contributed by atoms with Gasteiger partial charge in [-0.15, -0.1) is 0 Å². The number of hydrogen-bond acceptors (Lipinski definition) is 4. The zero-order chi connectivity index (χ0) is 10.8. The third-order valence-corrected chi connectivity index (χ3v) is 2.56. The fourth-order valence-electron chi connectivity index (χ4n) is 1.30. The number of amides is 1. The predicted molar refractivity (Wildman–Crippen MR) is 56.5 cm³/mol. The van der Waals surface area contributed by atoms with E-state index in [4.69, 9.17) is 11.6 Å². The molecule has 0 aliphatic carbocycles. The molecule has 6 heteroatoms. The van der Waals surface area contributed by atoms with Gasteiger partial charge < -0.3 is 0 Å². The minimum atomic E-state index is -0.206. The highest BCUT2D eigenvalue weighted by Crippen LogP contribution is 2.29. The summed E-state index contributed by atoms with van der Waals surface area (Å²) < 4.78 is 0. The molecule has 1 aliphatic heterocycles. The van der Waals surface area contributed by atoms with Crippen molar-refractivity contribution in [3.8, 4) is 0 Å². The van der Waals surface area contributed by atoms with E-state index in [2.05, 4.69) is 15.9 Å². The van der Waals surface area contributed by atoms with E-state index in [1.807, 2.05) is 19.1 Å². The third kappa shape index (κ3) is 1.92. The first-order valence-electron chi connectivity index (χ1n) is 4.40.